The fourth-order valence-corrected chi connectivity index (χ4v) is 10.2. The number of aromatic nitrogens is 4. The highest BCUT2D eigenvalue weighted by Gasteiger charge is 2.33. The van der Waals surface area contributed by atoms with E-state index in [0.29, 0.717) is 0 Å². The lowest BCUT2D eigenvalue weighted by Gasteiger charge is -2.10. The third-order valence-electron chi connectivity index (χ3n) is 10.1. The van der Waals surface area contributed by atoms with Gasteiger partial charge in [0.1, 0.15) is 0 Å². The number of carboxylic acids is 8. The summed E-state index contributed by atoms with van der Waals surface area (Å²) in [6.07, 6.45) is -6.50. The first-order chi connectivity index (χ1) is 30.0. The number of hydrogen-bond acceptors (Lipinski definition) is 10. The molecular weight excluding hydrogens is 1110 g/mol. The van der Waals surface area contributed by atoms with Crippen molar-refractivity contribution in [2.45, 2.75) is 77.0 Å². The van der Waals surface area contributed by atoms with Crippen LogP contribution in [0, 0.1) is 0 Å². The molecule has 0 radical (unpaired) electrons. The minimum atomic E-state index is -1.39. The van der Waals surface area contributed by atoms with E-state index < -0.39 is 99.1 Å². The van der Waals surface area contributed by atoms with Crippen LogP contribution in [-0.4, -0.2) is 109 Å². The Kier molecular flexibility index (Phi) is 15.7. The molecule has 20 nitrogen and oxygen atoms in total. The van der Waals surface area contributed by atoms with Crippen molar-refractivity contribution in [1.82, 2.24) is 19.9 Å². The van der Waals surface area contributed by atoms with Crippen LogP contribution in [0.25, 0.3) is 44.4 Å². The minimum absolute atomic E-state index is 0.00366. The van der Waals surface area contributed by atoms with Crippen molar-refractivity contribution in [3.63, 3.8) is 0 Å². The van der Waals surface area contributed by atoms with Gasteiger partial charge >= 0.3 is 47.8 Å². The summed E-state index contributed by atoms with van der Waals surface area (Å²) in [5.41, 5.74) is -0.119. The molecule has 10 N–H and O–H groups in total. The number of aryl methyl sites for hydroxylation is 2. The molecule has 0 atom stereocenters. The number of aromatic amines is 2. The van der Waals surface area contributed by atoms with Crippen molar-refractivity contribution in [2.75, 3.05) is 0 Å². The predicted molar refractivity (Wildman–Crippen MR) is 238 cm³/mol. The van der Waals surface area contributed by atoms with Crippen LogP contribution < -0.4 is 0 Å². The van der Waals surface area contributed by atoms with E-state index in [1.165, 1.54) is 0 Å². The Bertz CT molecular complexity index is 2820. The molecule has 5 rings (SSSR count). The summed E-state index contributed by atoms with van der Waals surface area (Å²) >= 11 is 14.1. The van der Waals surface area contributed by atoms with Crippen LogP contribution in [0.2, 0.25) is 0 Å². The number of allylic oxidation sites excluding steroid dienone is 2. The number of carboxylic acid groups (broad SMARTS) is 8. The Hall–Kier alpha value is -5.72. The lowest BCUT2D eigenvalue weighted by Crippen LogP contribution is -2.05. The van der Waals surface area contributed by atoms with Gasteiger partial charge in [0.2, 0.25) is 0 Å². The Morgan fingerprint density at radius 1 is 0.344 bits per heavy atom. The number of nitrogens with one attached hydrogen (secondary N) is 2. The monoisotopic (exact) mass is 1140 g/mol. The number of nitrogens with zero attached hydrogens (tertiary/aromatic N) is 2. The Balaban J connectivity index is 2.25. The largest absolute Gasteiger partial charge is 0.481 e. The summed E-state index contributed by atoms with van der Waals surface area (Å²) in [7, 11) is 0. The first kappa shape index (κ1) is 49.3. The Morgan fingerprint density at radius 3 is 0.953 bits per heavy atom. The summed E-state index contributed by atoms with van der Waals surface area (Å²) in [5.74, 6) is -10.6. The van der Waals surface area contributed by atoms with Crippen molar-refractivity contribution in [3.8, 4) is 0 Å². The van der Waals surface area contributed by atoms with Crippen LogP contribution in [0.3, 0.4) is 0 Å². The third-order valence-corrected chi connectivity index (χ3v) is 13.2. The van der Waals surface area contributed by atoms with Gasteiger partial charge < -0.3 is 50.8 Å². The first-order valence-electron chi connectivity index (χ1n) is 18.7. The molecule has 0 saturated carbocycles. The second-order valence-electron chi connectivity index (χ2n) is 14.3. The molecule has 0 spiro atoms. The molecule has 8 bridgehead atoms. The molecule has 0 saturated heterocycles. The number of aliphatic carboxylic acids is 8. The van der Waals surface area contributed by atoms with Crippen molar-refractivity contribution >= 4 is 156 Å². The fourth-order valence-electron chi connectivity index (χ4n) is 7.56. The SMILES string of the molecule is O=C(O)CCC1=C(CC(=O)O)c2nc1c(Br)c1nc(c(Br)c3[nH]c(c(CCC(=O)O)c3CC(=O)O)c(Br)c3[nH]c(c2Br)c(CC(=O)O)c3CCC(=O)O)C(CCC(=O)O)=C1CC(=O)O. The molecule has 0 aliphatic carbocycles. The molecular formula is C40H34Br4N4O16. The molecule has 0 amide bonds. The maximum atomic E-state index is 12.6. The van der Waals surface area contributed by atoms with E-state index in [-0.39, 0.29) is 133 Å². The van der Waals surface area contributed by atoms with E-state index in [1.807, 2.05) is 0 Å². The maximum Gasteiger partial charge on any atom is 0.307 e. The molecule has 5 heterocycles. The van der Waals surface area contributed by atoms with Crippen LogP contribution in [0.4, 0.5) is 0 Å². The molecule has 64 heavy (non-hydrogen) atoms. The van der Waals surface area contributed by atoms with Gasteiger partial charge in [-0.2, -0.15) is 0 Å². The van der Waals surface area contributed by atoms with E-state index in [9.17, 15) is 79.2 Å². The van der Waals surface area contributed by atoms with Gasteiger partial charge in [-0.3, -0.25) is 38.4 Å². The van der Waals surface area contributed by atoms with Gasteiger partial charge in [0.15, 0.2) is 0 Å². The molecule has 0 aromatic carbocycles. The zero-order valence-corrected chi connectivity index (χ0v) is 39.1. The quantitative estimate of drug-likeness (QED) is 0.0536. The number of fused-ring (bicyclic) bond motifs is 8. The molecule has 338 valence electrons. The van der Waals surface area contributed by atoms with E-state index in [4.69, 9.17) is 9.97 Å². The van der Waals surface area contributed by atoms with Crippen LogP contribution in [0.15, 0.2) is 17.9 Å². The van der Waals surface area contributed by atoms with E-state index in [1.54, 1.807) is 0 Å². The fraction of sp³-hybridized carbons (Fsp3) is 0.300. The number of carbonyl (C=O) groups is 8. The van der Waals surface area contributed by atoms with Crippen LogP contribution in [0.1, 0.15) is 96.4 Å². The lowest BCUT2D eigenvalue weighted by atomic mass is 9.95. The highest BCUT2D eigenvalue weighted by atomic mass is 79.9. The zero-order valence-electron chi connectivity index (χ0n) is 32.7. The average Bonchev–Trinajstić information content (AvgIpc) is 3.93. The van der Waals surface area contributed by atoms with Gasteiger partial charge in [-0.1, -0.05) is 0 Å². The molecule has 24 heteroatoms. The topological polar surface area (TPSA) is 356 Å². The number of halogens is 4. The van der Waals surface area contributed by atoms with Crippen molar-refractivity contribution in [3.05, 3.63) is 62.9 Å². The van der Waals surface area contributed by atoms with Crippen LogP contribution in [-0.2, 0) is 64.0 Å². The van der Waals surface area contributed by atoms with Gasteiger partial charge in [0, 0.05) is 25.7 Å². The number of rotatable bonds is 20. The highest BCUT2D eigenvalue weighted by molar-refractivity contribution is 9.11. The maximum absolute atomic E-state index is 12.6. The van der Waals surface area contributed by atoms with Crippen molar-refractivity contribution < 1.29 is 79.2 Å². The second kappa shape index (κ2) is 20.4. The number of hydrogen-bond donors (Lipinski definition) is 10. The zero-order chi connectivity index (χ0) is 47.5. The normalized spacial score (nSPS) is 12.4. The van der Waals surface area contributed by atoms with Crippen molar-refractivity contribution in [2.24, 2.45) is 0 Å². The summed E-state index contributed by atoms with van der Waals surface area (Å²) in [4.78, 5) is 114. The molecule has 2 aliphatic heterocycles. The molecule has 3 aromatic rings. The molecule has 0 unspecified atom stereocenters. The third kappa shape index (κ3) is 10.8. The van der Waals surface area contributed by atoms with Gasteiger partial charge in [-0.05, 0) is 134 Å². The summed E-state index contributed by atoms with van der Waals surface area (Å²) in [6.45, 7) is 0. The molecule has 0 fully saturated rings. The Labute approximate surface area is 392 Å². The van der Waals surface area contributed by atoms with Gasteiger partial charge in [-0.15, -0.1) is 0 Å². The number of H-pyrrole nitrogens is 2. The standard InChI is InChI=1S/C40H34Br4N4O16/c41-29-33-13(1-5-21(49)50)17(9-25(57)58)37(45-33)30(42)35-15(3-7-23(53)54)18(10-26(59)60)38(47-35)31(43)36-16(4-8-24(55)56)20(12-28(63)64)40(48-36)32(44)39-19(11-27(61)62)14(34(29)46-39)2-6-22(51)52/h45-46H,1-12H2,(H,49,50)(H,51,52)(H,53,54)(H,55,56)(H,57,58)(H,59,60)(H,61,62)(H,63,64). The predicted octanol–water partition coefficient (Wildman–Crippen LogP) is 7.15. The lowest BCUT2D eigenvalue weighted by molar-refractivity contribution is -0.138. The van der Waals surface area contributed by atoms with E-state index in [0.717, 1.165) is 0 Å². The summed E-state index contributed by atoms with van der Waals surface area (Å²) in [6, 6.07) is 0. The minimum Gasteiger partial charge on any atom is -0.481 e. The smallest absolute Gasteiger partial charge is 0.307 e. The second-order valence-corrected chi connectivity index (χ2v) is 17.5. The van der Waals surface area contributed by atoms with E-state index >= 15 is 0 Å². The van der Waals surface area contributed by atoms with Crippen LogP contribution in [0.5, 0.6) is 0 Å². The highest BCUT2D eigenvalue weighted by Crippen LogP contribution is 2.48. The summed E-state index contributed by atoms with van der Waals surface area (Å²) in [5, 5.41) is 80.0. The van der Waals surface area contributed by atoms with Gasteiger partial charge in [0.05, 0.1) is 88.4 Å². The van der Waals surface area contributed by atoms with Crippen LogP contribution >= 0.6 is 63.7 Å². The van der Waals surface area contributed by atoms with E-state index in [2.05, 4.69) is 73.7 Å². The average molecular weight is 1150 g/mol. The van der Waals surface area contributed by atoms with Gasteiger partial charge in [-0.25, -0.2) is 9.97 Å². The van der Waals surface area contributed by atoms with Crippen molar-refractivity contribution in [1.29, 1.82) is 0 Å². The molecule has 3 aromatic heterocycles. The molecule has 2 aliphatic rings. The van der Waals surface area contributed by atoms with Gasteiger partial charge in [0.25, 0.3) is 0 Å². The Morgan fingerprint density at radius 2 is 0.625 bits per heavy atom. The summed E-state index contributed by atoms with van der Waals surface area (Å²) < 4.78 is -0.157. The first-order valence-corrected chi connectivity index (χ1v) is 21.9.